The van der Waals surface area contributed by atoms with Gasteiger partial charge >= 0.3 is 0 Å². The van der Waals surface area contributed by atoms with Gasteiger partial charge in [0, 0.05) is 19.3 Å². The van der Waals surface area contributed by atoms with E-state index in [2.05, 4.69) is 17.8 Å². The van der Waals surface area contributed by atoms with E-state index >= 15 is 0 Å². The summed E-state index contributed by atoms with van der Waals surface area (Å²) < 4.78 is 21.1. The van der Waals surface area contributed by atoms with Gasteiger partial charge in [0.25, 0.3) is 0 Å². The maximum absolute atomic E-state index is 14.3. The molecule has 0 aliphatic carbocycles. The minimum atomic E-state index is -0.232. The summed E-state index contributed by atoms with van der Waals surface area (Å²) >= 11 is 4.16. The number of hydrogen-bond acceptors (Lipinski definition) is 4. The summed E-state index contributed by atoms with van der Waals surface area (Å²) in [6, 6.07) is 1.69. The number of thiol groups is 1. The molecule has 2 aromatic heterocycles. The SMILES string of the molecule is Fc1c(N2CCOCC2)cnc2c1ccn2S. The second kappa shape index (κ2) is 4.19. The van der Waals surface area contributed by atoms with Gasteiger partial charge in [-0.2, -0.15) is 0 Å². The van der Waals surface area contributed by atoms with Crippen LogP contribution in [0.5, 0.6) is 0 Å². The highest BCUT2D eigenvalue weighted by molar-refractivity contribution is 7.78. The van der Waals surface area contributed by atoms with E-state index in [-0.39, 0.29) is 5.82 Å². The molecule has 2 aromatic rings. The number of halogens is 1. The summed E-state index contributed by atoms with van der Waals surface area (Å²) in [6.45, 7) is 2.66. The lowest BCUT2D eigenvalue weighted by molar-refractivity contribution is 0.122. The van der Waals surface area contributed by atoms with E-state index < -0.39 is 0 Å². The molecule has 90 valence electrons. The Bertz CT molecular complexity index is 551. The van der Waals surface area contributed by atoms with Crippen molar-refractivity contribution in [3.63, 3.8) is 0 Å². The Labute approximate surface area is 104 Å². The molecule has 1 saturated heterocycles. The number of hydrogen-bond donors (Lipinski definition) is 1. The van der Waals surface area contributed by atoms with Gasteiger partial charge < -0.3 is 9.64 Å². The Hall–Kier alpha value is -1.27. The van der Waals surface area contributed by atoms with E-state index in [0.29, 0.717) is 43.0 Å². The van der Waals surface area contributed by atoms with Crippen molar-refractivity contribution < 1.29 is 9.13 Å². The lowest BCUT2D eigenvalue weighted by Crippen LogP contribution is -2.36. The van der Waals surface area contributed by atoms with Crippen molar-refractivity contribution in [2.75, 3.05) is 31.2 Å². The molecule has 1 fully saturated rings. The highest BCUT2D eigenvalue weighted by Gasteiger charge is 2.18. The molecule has 4 nitrogen and oxygen atoms in total. The molecule has 0 N–H and O–H groups in total. The summed E-state index contributed by atoms with van der Waals surface area (Å²) in [5.74, 6) is -0.232. The van der Waals surface area contributed by atoms with Crippen LogP contribution >= 0.6 is 12.8 Å². The predicted molar refractivity (Wildman–Crippen MR) is 67.1 cm³/mol. The number of morpholine rings is 1. The second-order valence-corrected chi connectivity index (χ2v) is 4.39. The van der Waals surface area contributed by atoms with Crippen LogP contribution < -0.4 is 4.90 Å². The van der Waals surface area contributed by atoms with E-state index in [9.17, 15) is 4.39 Å². The average Bonchev–Trinajstić information content (AvgIpc) is 2.74. The zero-order chi connectivity index (χ0) is 11.8. The number of ether oxygens (including phenoxy) is 1. The van der Waals surface area contributed by atoms with Crippen LogP contribution in [0.3, 0.4) is 0 Å². The van der Waals surface area contributed by atoms with Gasteiger partial charge in [-0.05, 0) is 6.07 Å². The van der Waals surface area contributed by atoms with E-state index in [1.165, 1.54) is 3.97 Å². The van der Waals surface area contributed by atoms with Crippen molar-refractivity contribution in [1.29, 1.82) is 0 Å². The van der Waals surface area contributed by atoms with Gasteiger partial charge in [-0.3, -0.25) is 3.97 Å². The van der Waals surface area contributed by atoms with E-state index in [4.69, 9.17) is 4.74 Å². The maximum atomic E-state index is 14.3. The summed E-state index contributed by atoms with van der Waals surface area (Å²) in [4.78, 5) is 6.20. The van der Waals surface area contributed by atoms with Gasteiger partial charge in [-0.25, -0.2) is 9.37 Å². The molecule has 0 atom stereocenters. The van der Waals surface area contributed by atoms with Crippen LogP contribution in [-0.2, 0) is 4.74 Å². The fourth-order valence-corrected chi connectivity index (χ4v) is 2.28. The molecule has 3 heterocycles. The number of anilines is 1. The van der Waals surface area contributed by atoms with E-state index in [1.54, 1.807) is 18.5 Å². The summed E-state index contributed by atoms with van der Waals surface area (Å²) in [5.41, 5.74) is 1.09. The Kier molecular flexibility index (Phi) is 2.68. The molecule has 0 amide bonds. The average molecular weight is 253 g/mol. The van der Waals surface area contributed by atoms with Crippen molar-refractivity contribution in [3.05, 3.63) is 24.3 Å². The predicted octanol–water partition coefficient (Wildman–Crippen LogP) is 1.70. The molecule has 0 saturated carbocycles. The molecule has 1 aliphatic heterocycles. The van der Waals surface area contributed by atoms with Crippen LogP contribution in [0.15, 0.2) is 18.5 Å². The Morgan fingerprint density at radius 2 is 2.12 bits per heavy atom. The van der Waals surface area contributed by atoms with Gasteiger partial charge in [0.15, 0.2) is 11.5 Å². The first kappa shape index (κ1) is 10.9. The van der Waals surface area contributed by atoms with Crippen LogP contribution in [-0.4, -0.2) is 35.3 Å². The number of aromatic nitrogens is 2. The number of nitrogens with zero attached hydrogens (tertiary/aromatic N) is 3. The number of fused-ring (bicyclic) bond motifs is 1. The Morgan fingerprint density at radius 1 is 1.35 bits per heavy atom. The second-order valence-electron chi connectivity index (χ2n) is 3.95. The monoisotopic (exact) mass is 253 g/mol. The third-order valence-electron chi connectivity index (χ3n) is 2.96. The number of pyridine rings is 1. The van der Waals surface area contributed by atoms with Crippen molar-refractivity contribution >= 4 is 29.5 Å². The highest BCUT2D eigenvalue weighted by Crippen LogP contribution is 2.27. The van der Waals surface area contributed by atoms with Crippen molar-refractivity contribution in [2.45, 2.75) is 0 Å². The Morgan fingerprint density at radius 3 is 2.88 bits per heavy atom. The van der Waals surface area contributed by atoms with Crippen molar-refractivity contribution in [1.82, 2.24) is 8.96 Å². The highest BCUT2D eigenvalue weighted by atomic mass is 32.1. The molecule has 1 aliphatic rings. The molecule has 0 spiro atoms. The normalized spacial score (nSPS) is 16.7. The first-order valence-electron chi connectivity index (χ1n) is 5.45. The topological polar surface area (TPSA) is 30.3 Å². The zero-order valence-corrected chi connectivity index (χ0v) is 10.0. The zero-order valence-electron chi connectivity index (χ0n) is 9.14. The van der Waals surface area contributed by atoms with Crippen LogP contribution in [0.25, 0.3) is 11.0 Å². The number of rotatable bonds is 1. The van der Waals surface area contributed by atoms with E-state index in [1.807, 2.05) is 4.90 Å². The first-order chi connectivity index (χ1) is 8.27. The lowest BCUT2D eigenvalue weighted by atomic mass is 10.2. The minimum Gasteiger partial charge on any atom is -0.378 e. The van der Waals surface area contributed by atoms with Crippen molar-refractivity contribution in [2.24, 2.45) is 0 Å². The van der Waals surface area contributed by atoms with Crippen LogP contribution in [0.4, 0.5) is 10.1 Å². The molecule has 0 unspecified atom stereocenters. The molecule has 0 radical (unpaired) electrons. The van der Waals surface area contributed by atoms with Gasteiger partial charge in [0.2, 0.25) is 0 Å². The third kappa shape index (κ3) is 1.77. The summed E-state index contributed by atoms with van der Waals surface area (Å²) in [7, 11) is 0. The fourth-order valence-electron chi connectivity index (χ4n) is 2.06. The van der Waals surface area contributed by atoms with Crippen molar-refractivity contribution in [3.8, 4) is 0 Å². The van der Waals surface area contributed by atoms with E-state index in [0.717, 1.165) is 0 Å². The quantitative estimate of drug-likeness (QED) is 0.785. The molecule has 0 bridgehead atoms. The van der Waals surface area contributed by atoms with Crippen LogP contribution in [0.1, 0.15) is 0 Å². The van der Waals surface area contributed by atoms with Gasteiger partial charge in [0.05, 0.1) is 30.5 Å². The minimum absolute atomic E-state index is 0.232. The smallest absolute Gasteiger partial charge is 0.159 e. The molecule has 0 aromatic carbocycles. The van der Waals surface area contributed by atoms with Crippen LogP contribution in [0, 0.1) is 5.82 Å². The summed E-state index contributed by atoms with van der Waals surface area (Å²) in [6.07, 6.45) is 3.25. The fraction of sp³-hybridized carbons (Fsp3) is 0.364. The molecule has 3 rings (SSSR count). The van der Waals surface area contributed by atoms with Crippen LogP contribution in [0.2, 0.25) is 0 Å². The largest absolute Gasteiger partial charge is 0.378 e. The molecular weight excluding hydrogens is 241 g/mol. The van der Waals surface area contributed by atoms with Gasteiger partial charge in [-0.1, -0.05) is 12.8 Å². The summed E-state index contributed by atoms with van der Waals surface area (Å²) in [5, 5.41) is 0.504. The molecular formula is C11H12FN3OS. The standard InChI is InChI=1S/C11H12FN3OS/c12-10-8-1-2-15(17)11(8)13-7-9(10)14-3-5-16-6-4-14/h1-2,7,17H,3-6H2. The van der Waals surface area contributed by atoms with Gasteiger partial charge in [-0.15, -0.1) is 0 Å². The lowest BCUT2D eigenvalue weighted by Gasteiger charge is -2.28. The molecule has 6 heteroatoms. The maximum Gasteiger partial charge on any atom is 0.159 e. The third-order valence-corrected chi connectivity index (χ3v) is 3.29. The molecule has 17 heavy (non-hydrogen) atoms. The Balaban J connectivity index is 2.07. The first-order valence-corrected chi connectivity index (χ1v) is 5.85. The van der Waals surface area contributed by atoms with Gasteiger partial charge in [0.1, 0.15) is 0 Å².